The monoisotopic (exact) mass is 353 g/mol. The number of nitrogens with one attached hydrogen (secondary N) is 1. The maximum Gasteiger partial charge on any atom is 0.275 e. The number of amides is 1. The van der Waals surface area contributed by atoms with Crippen molar-refractivity contribution in [2.75, 3.05) is 32.9 Å². The van der Waals surface area contributed by atoms with Crippen LogP contribution in [-0.4, -0.2) is 53.9 Å². The Bertz CT molecular complexity index is 602. The van der Waals surface area contributed by atoms with Crippen LogP contribution in [0.5, 0.6) is 5.75 Å². The summed E-state index contributed by atoms with van der Waals surface area (Å²) in [5.41, 5.74) is 2.87. The Labute approximate surface area is 145 Å². The largest absolute Gasteiger partial charge is 0.494 e. The van der Waals surface area contributed by atoms with Crippen LogP contribution in [0.15, 0.2) is 18.2 Å². The number of nitrogens with zero attached hydrogens (tertiary/aromatic N) is 2. The third-order valence-electron chi connectivity index (χ3n) is 3.76. The van der Waals surface area contributed by atoms with Crippen LogP contribution in [0.4, 0.5) is 5.69 Å². The van der Waals surface area contributed by atoms with Gasteiger partial charge < -0.3 is 14.6 Å². The van der Waals surface area contributed by atoms with Crippen molar-refractivity contribution in [3.8, 4) is 5.75 Å². The number of hydrazine groups is 1. The number of morpholine rings is 1. The highest BCUT2D eigenvalue weighted by Gasteiger charge is 2.18. The molecule has 25 heavy (non-hydrogen) atoms. The third kappa shape index (κ3) is 5.96. The molecule has 1 aliphatic heterocycles. The second-order valence-electron chi connectivity index (χ2n) is 5.74. The molecule has 1 fully saturated rings. The smallest absolute Gasteiger partial charge is 0.275 e. The normalized spacial score (nSPS) is 16.2. The molecule has 0 aromatic heterocycles. The average Bonchev–Trinajstić information content (AvgIpc) is 2.59. The summed E-state index contributed by atoms with van der Waals surface area (Å²) in [5, 5.41) is 22.4. The number of nitro benzene ring substituents is 1. The van der Waals surface area contributed by atoms with Gasteiger partial charge in [0, 0.05) is 25.6 Å². The van der Waals surface area contributed by atoms with Crippen LogP contribution in [0, 0.1) is 10.1 Å². The maximum atomic E-state index is 11.8. The Kier molecular flexibility index (Phi) is 7.11. The van der Waals surface area contributed by atoms with Gasteiger partial charge in [0.15, 0.2) is 0 Å². The lowest BCUT2D eigenvalue weighted by molar-refractivity contribution is -0.386. The fourth-order valence-corrected chi connectivity index (χ4v) is 2.45. The van der Waals surface area contributed by atoms with Gasteiger partial charge in [-0.15, -0.1) is 0 Å². The van der Waals surface area contributed by atoms with Gasteiger partial charge in [-0.2, -0.15) is 0 Å². The lowest BCUT2D eigenvalue weighted by atomic mass is 10.1. The van der Waals surface area contributed by atoms with Gasteiger partial charge in [0.1, 0.15) is 5.75 Å². The molecule has 1 atom stereocenters. The molecule has 1 aromatic carbocycles. The van der Waals surface area contributed by atoms with E-state index in [1.54, 1.807) is 0 Å². The van der Waals surface area contributed by atoms with Gasteiger partial charge in [-0.3, -0.25) is 20.3 Å². The van der Waals surface area contributed by atoms with E-state index >= 15 is 0 Å². The summed E-state index contributed by atoms with van der Waals surface area (Å²) in [6, 6.07) is 4.25. The number of aliphatic hydroxyl groups is 1. The van der Waals surface area contributed by atoms with E-state index in [4.69, 9.17) is 9.47 Å². The van der Waals surface area contributed by atoms with Crippen LogP contribution < -0.4 is 10.2 Å². The van der Waals surface area contributed by atoms with Crippen LogP contribution in [0.2, 0.25) is 0 Å². The first-order valence-electron chi connectivity index (χ1n) is 8.18. The minimum absolute atomic E-state index is 0.0844. The van der Waals surface area contributed by atoms with E-state index in [0.29, 0.717) is 51.5 Å². The molecule has 2 rings (SSSR count). The molecule has 0 radical (unpaired) electrons. The number of benzene rings is 1. The second kappa shape index (κ2) is 9.30. The molecule has 9 heteroatoms. The van der Waals surface area contributed by atoms with Gasteiger partial charge in [0.2, 0.25) is 5.91 Å². The molecule has 0 spiro atoms. The second-order valence-corrected chi connectivity index (χ2v) is 5.74. The molecule has 1 aromatic rings. The zero-order valence-corrected chi connectivity index (χ0v) is 14.1. The molecule has 0 saturated carbocycles. The summed E-state index contributed by atoms with van der Waals surface area (Å²) < 4.78 is 10.7. The number of hydrogen-bond donors (Lipinski definition) is 2. The molecule has 1 saturated heterocycles. The summed E-state index contributed by atoms with van der Waals surface area (Å²) in [7, 11) is 0. The predicted molar refractivity (Wildman–Crippen MR) is 89.0 cm³/mol. The number of aliphatic hydroxyl groups excluding tert-OH is 1. The molecule has 1 unspecified atom stereocenters. The molecule has 9 nitrogen and oxygen atoms in total. The molecule has 2 N–H and O–H groups in total. The number of hydrogen-bond acceptors (Lipinski definition) is 7. The van der Waals surface area contributed by atoms with Gasteiger partial charge in [0.25, 0.3) is 5.69 Å². The number of rotatable bonds is 8. The number of ether oxygens (including phenoxy) is 2. The quantitative estimate of drug-likeness (QED) is 0.409. The Balaban J connectivity index is 1.76. The third-order valence-corrected chi connectivity index (χ3v) is 3.76. The summed E-state index contributed by atoms with van der Waals surface area (Å²) in [5.74, 6) is 0.342. The minimum atomic E-state index is -0.969. The first kappa shape index (κ1) is 19.1. The standard InChI is InChI=1S/C16H23N3O6/c1-12(20)14-11-13(4-5-15(14)19(22)23)25-8-2-3-16(21)17-18-6-9-24-10-7-18/h4-5,11-12,20H,2-3,6-10H2,1H3,(H,17,21). The minimum Gasteiger partial charge on any atom is -0.494 e. The van der Waals surface area contributed by atoms with Crippen LogP contribution in [0.1, 0.15) is 31.4 Å². The first-order chi connectivity index (χ1) is 12.0. The van der Waals surface area contributed by atoms with E-state index in [-0.39, 0.29) is 17.2 Å². The number of carbonyl (C=O) groups is 1. The first-order valence-corrected chi connectivity index (χ1v) is 8.18. The molecule has 1 heterocycles. The molecule has 1 amide bonds. The van der Waals surface area contributed by atoms with Crippen molar-refractivity contribution < 1.29 is 24.3 Å². The predicted octanol–water partition coefficient (Wildman–Crippen LogP) is 1.17. The van der Waals surface area contributed by atoms with Crippen molar-refractivity contribution in [2.45, 2.75) is 25.9 Å². The number of nitro groups is 1. The van der Waals surface area contributed by atoms with E-state index < -0.39 is 11.0 Å². The summed E-state index contributed by atoms with van der Waals surface area (Å²) in [6.07, 6.45) is -0.145. The van der Waals surface area contributed by atoms with Crippen LogP contribution in [-0.2, 0) is 9.53 Å². The fourth-order valence-electron chi connectivity index (χ4n) is 2.45. The van der Waals surface area contributed by atoms with E-state index in [0.717, 1.165) is 0 Å². The summed E-state index contributed by atoms with van der Waals surface area (Å²) in [4.78, 5) is 22.2. The Morgan fingerprint density at radius 1 is 1.48 bits per heavy atom. The fraction of sp³-hybridized carbons (Fsp3) is 0.562. The van der Waals surface area contributed by atoms with Crippen molar-refractivity contribution in [1.29, 1.82) is 0 Å². The zero-order chi connectivity index (χ0) is 18.2. The van der Waals surface area contributed by atoms with Crippen LogP contribution >= 0.6 is 0 Å². The van der Waals surface area contributed by atoms with Gasteiger partial charge in [-0.25, -0.2) is 5.01 Å². The van der Waals surface area contributed by atoms with Crippen LogP contribution in [0.3, 0.4) is 0 Å². The number of carbonyl (C=O) groups excluding carboxylic acids is 1. The lowest BCUT2D eigenvalue weighted by Crippen LogP contribution is -2.48. The highest BCUT2D eigenvalue weighted by Crippen LogP contribution is 2.29. The SMILES string of the molecule is CC(O)c1cc(OCCCC(=O)NN2CCOCC2)ccc1[N+](=O)[O-]. The van der Waals surface area contributed by atoms with E-state index in [2.05, 4.69) is 5.43 Å². The van der Waals surface area contributed by atoms with Crippen molar-refractivity contribution in [3.63, 3.8) is 0 Å². The van der Waals surface area contributed by atoms with E-state index in [1.165, 1.54) is 25.1 Å². The van der Waals surface area contributed by atoms with Gasteiger partial charge in [-0.05, 0) is 25.5 Å². The van der Waals surface area contributed by atoms with Crippen LogP contribution in [0.25, 0.3) is 0 Å². The summed E-state index contributed by atoms with van der Waals surface area (Å²) in [6.45, 7) is 4.32. The molecule has 1 aliphatic rings. The molecular formula is C16H23N3O6. The van der Waals surface area contributed by atoms with Crippen molar-refractivity contribution in [1.82, 2.24) is 10.4 Å². The Hall–Kier alpha value is -2.23. The van der Waals surface area contributed by atoms with Crippen molar-refractivity contribution >= 4 is 11.6 Å². The lowest BCUT2D eigenvalue weighted by Gasteiger charge is -2.26. The van der Waals surface area contributed by atoms with E-state index in [9.17, 15) is 20.0 Å². The van der Waals surface area contributed by atoms with Gasteiger partial charge in [-0.1, -0.05) is 0 Å². The topological polar surface area (TPSA) is 114 Å². The Morgan fingerprint density at radius 3 is 2.84 bits per heavy atom. The molecular weight excluding hydrogens is 330 g/mol. The summed E-state index contributed by atoms with van der Waals surface area (Å²) >= 11 is 0. The van der Waals surface area contributed by atoms with Crippen molar-refractivity contribution in [2.24, 2.45) is 0 Å². The van der Waals surface area contributed by atoms with Gasteiger partial charge in [0.05, 0.1) is 36.4 Å². The zero-order valence-electron chi connectivity index (χ0n) is 14.1. The highest BCUT2D eigenvalue weighted by molar-refractivity contribution is 5.75. The Morgan fingerprint density at radius 2 is 2.20 bits per heavy atom. The van der Waals surface area contributed by atoms with E-state index in [1.807, 2.05) is 5.01 Å². The maximum absolute atomic E-state index is 11.8. The average molecular weight is 353 g/mol. The highest BCUT2D eigenvalue weighted by atomic mass is 16.6. The molecule has 0 bridgehead atoms. The van der Waals surface area contributed by atoms with Gasteiger partial charge >= 0.3 is 0 Å². The van der Waals surface area contributed by atoms with Crippen molar-refractivity contribution in [3.05, 3.63) is 33.9 Å². The molecule has 0 aliphatic carbocycles. The molecule has 138 valence electrons.